The second-order valence-corrected chi connectivity index (χ2v) is 12.5. The van der Waals surface area contributed by atoms with Crippen molar-refractivity contribution in [1.82, 2.24) is 5.32 Å². The van der Waals surface area contributed by atoms with Gasteiger partial charge in [-0.3, -0.25) is 4.79 Å². The van der Waals surface area contributed by atoms with E-state index in [2.05, 4.69) is 55.6 Å². The van der Waals surface area contributed by atoms with Gasteiger partial charge < -0.3 is 20.6 Å². The summed E-state index contributed by atoms with van der Waals surface area (Å²) in [6.45, 7) is 4.10. The van der Waals surface area contributed by atoms with Gasteiger partial charge in [0.2, 0.25) is 5.91 Å². The highest BCUT2D eigenvalue weighted by Crippen LogP contribution is 2.13. The molecule has 0 spiro atoms. The predicted octanol–water partition coefficient (Wildman–Crippen LogP) is 9.81. The van der Waals surface area contributed by atoms with Crippen LogP contribution in [0.1, 0.15) is 168 Å². The summed E-state index contributed by atoms with van der Waals surface area (Å²) in [5.41, 5.74) is 0. The Labute approximate surface area is 272 Å². The number of hydrogen-bond donors (Lipinski definition) is 4. The van der Waals surface area contributed by atoms with Crippen LogP contribution in [-0.4, -0.2) is 46.1 Å². The largest absolute Gasteiger partial charge is 0.394 e. The zero-order chi connectivity index (χ0) is 32.4. The van der Waals surface area contributed by atoms with Gasteiger partial charge >= 0.3 is 0 Å². The maximum atomic E-state index is 12.3. The Morgan fingerprint density at radius 2 is 1.02 bits per heavy atom. The van der Waals surface area contributed by atoms with Gasteiger partial charge in [-0.05, 0) is 64.2 Å². The topological polar surface area (TPSA) is 89.8 Å². The molecular weight excluding hydrogens is 546 g/mol. The summed E-state index contributed by atoms with van der Waals surface area (Å²) in [4.78, 5) is 12.3. The average Bonchev–Trinajstić information content (AvgIpc) is 3.01. The Kier molecular flexibility index (Phi) is 32.9. The molecule has 0 bridgehead atoms. The van der Waals surface area contributed by atoms with Crippen LogP contribution in [0.25, 0.3) is 0 Å². The fraction of sp³-hybridized carbons (Fsp3) is 0.769. The Balaban J connectivity index is 3.77. The standard InChI is InChI=1S/C39H71NO4/c1-3-5-7-9-11-13-15-16-17-18-19-20-21-23-24-26-28-30-32-36(42)34-39(44)40-37(35-41)38(43)33-31-29-27-25-22-14-12-10-8-6-4-2/h8,10,19-20,22,25,31,33,36-38,41-43H,3-7,9,11-18,21,23-24,26-30,32,34-35H2,1-2H3,(H,40,44)/b10-8+,20-19-,25-22+,33-31+. The third-order valence-electron chi connectivity index (χ3n) is 8.05. The van der Waals surface area contributed by atoms with Gasteiger partial charge in [-0.15, -0.1) is 0 Å². The molecule has 0 aromatic rings. The average molecular weight is 618 g/mol. The molecule has 3 unspecified atom stereocenters. The molecule has 0 saturated carbocycles. The van der Waals surface area contributed by atoms with E-state index in [1.54, 1.807) is 6.08 Å². The number of unbranched alkanes of at least 4 members (excludes halogenated alkanes) is 17. The molecule has 4 N–H and O–H groups in total. The molecule has 0 aliphatic carbocycles. The third-order valence-corrected chi connectivity index (χ3v) is 8.05. The molecule has 5 nitrogen and oxygen atoms in total. The van der Waals surface area contributed by atoms with Crippen LogP contribution >= 0.6 is 0 Å². The van der Waals surface area contributed by atoms with E-state index >= 15 is 0 Å². The number of aliphatic hydroxyl groups is 3. The van der Waals surface area contributed by atoms with E-state index in [1.165, 1.54) is 83.5 Å². The lowest BCUT2D eigenvalue weighted by molar-refractivity contribution is -0.124. The molecule has 44 heavy (non-hydrogen) atoms. The summed E-state index contributed by atoms with van der Waals surface area (Å²) in [6.07, 6.45) is 42.4. The molecule has 0 aliphatic rings. The van der Waals surface area contributed by atoms with Gasteiger partial charge in [0, 0.05) is 0 Å². The minimum Gasteiger partial charge on any atom is -0.394 e. The second-order valence-electron chi connectivity index (χ2n) is 12.5. The van der Waals surface area contributed by atoms with Crippen LogP contribution in [0.15, 0.2) is 48.6 Å². The van der Waals surface area contributed by atoms with Crippen LogP contribution in [0, 0.1) is 0 Å². The van der Waals surface area contributed by atoms with Gasteiger partial charge in [0.1, 0.15) is 0 Å². The fourth-order valence-electron chi connectivity index (χ4n) is 5.19. The number of aliphatic hydroxyl groups excluding tert-OH is 3. The first-order valence-electron chi connectivity index (χ1n) is 18.4. The quantitative estimate of drug-likeness (QED) is 0.0447. The van der Waals surface area contributed by atoms with Gasteiger partial charge in [-0.1, -0.05) is 146 Å². The SMILES string of the molecule is CCC/C=C/CC/C=C/CC/C=C/C(O)C(CO)NC(=O)CC(O)CCCCCCC/C=C\CCCCCCCCCCC. The van der Waals surface area contributed by atoms with E-state index in [4.69, 9.17) is 0 Å². The minimum atomic E-state index is -0.960. The third kappa shape index (κ3) is 30.3. The number of hydrogen-bond acceptors (Lipinski definition) is 4. The molecule has 0 aliphatic heterocycles. The summed E-state index contributed by atoms with van der Waals surface area (Å²) < 4.78 is 0. The van der Waals surface area contributed by atoms with Crippen molar-refractivity contribution >= 4 is 5.91 Å². The maximum absolute atomic E-state index is 12.3. The molecule has 5 heteroatoms. The second kappa shape index (κ2) is 34.2. The van der Waals surface area contributed by atoms with Crippen LogP contribution in [0.2, 0.25) is 0 Å². The molecule has 0 saturated heterocycles. The van der Waals surface area contributed by atoms with Crippen LogP contribution < -0.4 is 5.32 Å². The summed E-state index contributed by atoms with van der Waals surface area (Å²) >= 11 is 0. The highest BCUT2D eigenvalue weighted by atomic mass is 16.3. The summed E-state index contributed by atoms with van der Waals surface area (Å²) in [7, 11) is 0. The molecule has 0 fully saturated rings. The van der Waals surface area contributed by atoms with E-state index in [0.29, 0.717) is 6.42 Å². The molecule has 3 atom stereocenters. The van der Waals surface area contributed by atoms with Crippen LogP contribution in [0.5, 0.6) is 0 Å². The maximum Gasteiger partial charge on any atom is 0.222 e. The minimum absolute atomic E-state index is 0.00485. The summed E-state index contributed by atoms with van der Waals surface area (Å²) in [5, 5.41) is 32.9. The predicted molar refractivity (Wildman–Crippen MR) is 190 cm³/mol. The molecule has 1 amide bonds. The molecule has 0 aromatic carbocycles. The number of nitrogens with one attached hydrogen (secondary N) is 1. The van der Waals surface area contributed by atoms with Crippen molar-refractivity contribution in [3.05, 3.63) is 48.6 Å². The van der Waals surface area contributed by atoms with Crippen molar-refractivity contribution in [2.45, 2.75) is 186 Å². The summed E-state index contributed by atoms with van der Waals surface area (Å²) in [6, 6.07) is -0.768. The van der Waals surface area contributed by atoms with Gasteiger partial charge in [0.15, 0.2) is 0 Å². The molecular formula is C39H71NO4. The van der Waals surface area contributed by atoms with E-state index in [1.807, 2.05) is 6.08 Å². The Bertz CT molecular complexity index is 730. The van der Waals surface area contributed by atoms with Gasteiger partial charge in [-0.2, -0.15) is 0 Å². The van der Waals surface area contributed by atoms with E-state index in [9.17, 15) is 20.1 Å². The van der Waals surface area contributed by atoms with Gasteiger partial charge in [0.25, 0.3) is 0 Å². The first kappa shape index (κ1) is 42.3. The Morgan fingerprint density at radius 1 is 0.568 bits per heavy atom. The highest BCUT2D eigenvalue weighted by molar-refractivity contribution is 5.76. The van der Waals surface area contributed by atoms with Crippen LogP contribution in [0.4, 0.5) is 0 Å². The number of allylic oxidation sites excluding steroid dienone is 7. The zero-order valence-electron chi connectivity index (χ0n) is 28.8. The van der Waals surface area contributed by atoms with Crippen molar-refractivity contribution in [3.63, 3.8) is 0 Å². The number of carbonyl (C=O) groups is 1. The van der Waals surface area contributed by atoms with Crippen molar-refractivity contribution < 1.29 is 20.1 Å². The summed E-state index contributed by atoms with van der Waals surface area (Å²) in [5.74, 6) is -0.339. The molecule has 256 valence electrons. The zero-order valence-corrected chi connectivity index (χ0v) is 28.8. The van der Waals surface area contributed by atoms with Crippen molar-refractivity contribution in [2.75, 3.05) is 6.61 Å². The van der Waals surface area contributed by atoms with Crippen molar-refractivity contribution in [1.29, 1.82) is 0 Å². The lowest BCUT2D eigenvalue weighted by atomic mass is 10.0. The monoisotopic (exact) mass is 618 g/mol. The molecule has 0 radical (unpaired) electrons. The Hall–Kier alpha value is -1.69. The van der Waals surface area contributed by atoms with E-state index in [0.717, 1.165) is 57.8 Å². The normalized spacial score (nSPS) is 14.4. The number of amides is 1. The first-order valence-corrected chi connectivity index (χ1v) is 18.4. The van der Waals surface area contributed by atoms with Gasteiger partial charge in [-0.25, -0.2) is 0 Å². The molecule has 0 rings (SSSR count). The molecule has 0 aromatic heterocycles. The fourth-order valence-corrected chi connectivity index (χ4v) is 5.19. The lowest BCUT2D eigenvalue weighted by Crippen LogP contribution is -2.45. The number of carbonyl (C=O) groups excluding carboxylic acids is 1. The van der Waals surface area contributed by atoms with E-state index in [-0.39, 0.29) is 18.9 Å². The number of rotatable bonds is 32. The van der Waals surface area contributed by atoms with E-state index < -0.39 is 18.2 Å². The lowest BCUT2D eigenvalue weighted by Gasteiger charge is -2.20. The Morgan fingerprint density at radius 3 is 1.55 bits per heavy atom. The van der Waals surface area contributed by atoms with Crippen molar-refractivity contribution in [2.24, 2.45) is 0 Å². The molecule has 0 heterocycles. The van der Waals surface area contributed by atoms with Crippen LogP contribution in [-0.2, 0) is 4.79 Å². The highest BCUT2D eigenvalue weighted by Gasteiger charge is 2.20. The van der Waals surface area contributed by atoms with Crippen molar-refractivity contribution in [3.8, 4) is 0 Å². The van der Waals surface area contributed by atoms with Crippen LogP contribution in [0.3, 0.4) is 0 Å². The smallest absolute Gasteiger partial charge is 0.222 e. The first-order chi connectivity index (χ1) is 21.5. The van der Waals surface area contributed by atoms with Gasteiger partial charge in [0.05, 0.1) is 31.3 Å².